The van der Waals surface area contributed by atoms with E-state index in [2.05, 4.69) is 15.5 Å². The molecule has 1 aromatic carbocycles. The molecule has 0 unspecified atom stereocenters. The third kappa shape index (κ3) is 6.55. The molecule has 0 fully saturated rings. The number of rotatable bonds is 12. The van der Waals surface area contributed by atoms with Crippen molar-refractivity contribution < 1.29 is 28.3 Å². The van der Waals surface area contributed by atoms with Gasteiger partial charge in [0.25, 0.3) is 5.91 Å². The zero-order chi connectivity index (χ0) is 24.3. The van der Waals surface area contributed by atoms with Gasteiger partial charge in [-0.2, -0.15) is 0 Å². The highest BCUT2D eigenvalue weighted by Gasteiger charge is 2.22. The van der Waals surface area contributed by atoms with E-state index >= 15 is 0 Å². The maximum atomic E-state index is 13.1. The number of ether oxygens (including phenoxy) is 3. The van der Waals surface area contributed by atoms with Crippen LogP contribution in [0.15, 0.2) is 53.3 Å². The van der Waals surface area contributed by atoms with Gasteiger partial charge in [0.15, 0.2) is 11.5 Å². The third-order valence-electron chi connectivity index (χ3n) is 5.08. The maximum absolute atomic E-state index is 13.1. The molecule has 3 rings (SSSR count). The summed E-state index contributed by atoms with van der Waals surface area (Å²) in [5, 5.41) is 6.77. The molecule has 0 atom stereocenters. The number of pyridine rings is 1. The van der Waals surface area contributed by atoms with Gasteiger partial charge in [-0.3, -0.25) is 14.6 Å². The van der Waals surface area contributed by atoms with Crippen LogP contribution in [-0.2, 0) is 16.1 Å². The first-order valence-electron chi connectivity index (χ1n) is 10.7. The van der Waals surface area contributed by atoms with Gasteiger partial charge < -0.3 is 29.0 Å². The van der Waals surface area contributed by atoms with E-state index in [0.717, 1.165) is 5.56 Å². The summed E-state index contributed by atoms with van der Waals surface area (Å²) in [7, 11) is 4.65. The van der Waals surface area contributed by atoms with Gasteiger partial charge in [0.1, 0.15) is 11.5 Å². The number of methoxy groups -OCH3 is 3. The van der Waals surface area contributed by atoms with Crippen LogP contribution >= 0.6 is 0 Å². The van der Waals surface area contributed by atoms with E-state index < -0.39 is 0 Å². The smallest absolute Gasteiger partial charge is 0.276 e. The van der Waals surface area contributed by atoms with E-state index in [0.29, 0.717) is 42.5 Å². The number of benzene rings is 1. The quantitative estimate of drug-likeness (QED) is 0.431. The van der Waals surface area contributed by atoms with Crippen molar-refractivity contribution in [3.05, 3.63) is 60.0 Å². The molecule has 0 bridgehead atoms. The van der Waals surface area contributed by atoms with Gasteiger partial charge in [-0.25, -0.2) is 0 Å². The Kier molecular flexibility index (Phi) is 8.98. The second-order valence-corrected chi connectivity index (χ2v) is 7.32. The third-order valence-corrected chi connectivity index (χ3v) is 5.08. The zero-order valence-electron chi connectivity index (χ0n) is 19.4. The number of amides is 2. The Labute approximate surface area is 197 Å². The molecule has 34 heavy (non-hydrogen) atoms. The maximum Gasteiger partial charge on any atom is 0.276 e. The van der Waals surface area contributed by atoms with E-state index in [-0.39, 0.29) is 30.5 Å². The van der Waals surface area contributed by atoms with Crippen LogP contribution < -0.4 is 14.8 Å². The Hall–Kier alpha value is -3.92. The van der Waals surface area contributed by atoms with Crippen LogP contribution in [0.1, 0.15) is 22.5 Å². The summed E-state index contributed by atoms with van der Waals surface area (Å²) in [4.78, 5) is 31.0. The fraction of sp³-hybridized carbons (Fsp3) is 0.333. The number of hydrogen-bond donors (Lipinski definition) is 1. The standard InChI is InChI=1S/C24H28N4O6/c1-31-12-11-28(10-8-23(29)26-16-17-5-4-9-25-15-17)24(30)20-14-22(34-27-20)19-13-18(32-2)6-7-21(19)33-3/h4-7,9,13-15H,8,10-12,16H2,1-3H3,(H,26,29). The molecule has 10 heteroatoms. The Morgan fingerprint density at radius 3 is 2.65 bits per heavy atom. The molecule has 3 aromatic rings. The lowest BCUT2D eigenvalue weighted by molar-refractivity contribution is -0.121. The van der Waals surface area contributed by atoms with Crippen molar-refractivity contribution in [1.29, 1.82) is 0 Å². The number of hydrogen-bond acceptors (Lipinski definition) is 8. The summed E-state index contributed by atoms with van der Waals surface area (Å²) < 4.78 is 21.2. The molecule has 0 saturated carbocycles. The van der Waals surface area contributed by atoms with Crippen LogP contribution in [0.2, 0.25) is 0 Å². The molecule has 0 radical (unpaired) electrons. The van der Waals surface area contributed by atoms with E-state index in [1.165, 1.54) is 4.90 Å². The first kappa shape index (κ1) is 24.7. The van der Waals surface area contributed by atoms with Gasteiger partial charge >= 0.3 is 0 Å². The van der Waals surface area contributed by atoms with Crippen LogP contribution in [0.5, 0.6) is 11.5 Å². The van der Waals surface area contributed by atoms with Gasteiger partial charge in [0.05, 0.1) is 26.4 Å². The van der Waals surface area contributed by atoms with Gasteiger partial charge in [-0.15, -0.1) is 0 Å². The molecule has 2 aromatic heterocycles. The van der Waals surface area contributed by atoms with Crippen LogP contribution in [0.25, 0.3) is 11.3 Å². The summed E-state index contributed by atoms with van der Waals surface area (Å²) in [6.45, 7) is 1.19. The Morgan fingerprint density at radius 1 is 1.09 bits per heavy atom. The second kappa shape index (κ2) is 12.4. The van der Waals surface area contributed by atoms with E-state index in [4.69, 9.17) is 18.7 Å². The van der Waals surface area contributed by atoms with Crippen LogP contribution in [0.4, 0.5) is 0 Å². The number of carbonyl (C=O) groups excluding carboxylic acids is 2. The van der Waals surface area contributed by atoms with Crippen LogP contribution in [0.3, 0.4) is 0 Å². The predicted octanol–water partition coefficient (Wildman–Crippen LogP) is 2.55. The summed E-state index contributed by atoms with van der Waals surface area (Å²) >= 11 is 0. The highest BCUT2D eigenvalue weighted by atomic mass is 16.5. The Balaban J connectivity index is 1.67. The fourth-order valence-electron chi connectivity index (χ4n) is 3.22. The minimum Gasteiger partial charge on any atom is -0.497 e. The zero-order valence-corrected chi connectivity index (χ0v) is 19.4. The van der Waals surface area contributed by atoms with Crippen LogP contribution in [0, 0.1) is 0 Å². The summed E-state index contributed by atoms with van der Waals surface area (Å²) in [6.07, 6.45) is 3.49. The van der Waals surface area contributed by atoms with Crippen LogP contribution in [-0.4, -0.2) is 67.9 Å². The highest BCUT2D eigenvalue weighted by molar-refractivity contribution is 5.93. The molecule has 1 N–H and O–H groups in total. The van der Waals surface area contributed by atoms with E-state index in [1.54, 1.807) is 64.1 Å². The Morgan fingerprint density at radius 2 is 1.94 bits per heavy atom. The molecule has 180 valence electrons. The normalized spacial score (nSPS) is 10.6. The SMILES string of the molecule is COCCN(CCC(=O)NCc1cccnc1)C(=O)c1cc(-c2cc(OC)ccc2OC)on1. The Bertz CT molecular complexity index is 1090. The van der Waals surface area contributed by atoms with Crippen molar-refractivity contribution in [2.24, 2.45) is 0 Å². The number of nitrogens with zero attached hydrogens (tertiary/aromatic N) is 3. The predicted molar refractivity (Wildman–Crippen MR) is 124 cm³/mol. The molecule has 0 saturated heterocycles. The first-order chi connectivity index (χ1) is 16.5. The molecule has 0 aliphatic heterocycles. The van der Waals surface area contributed by atoms with Crippen molar-refractivity contribution in [2.75, 3.05) is 41.0 Å². The molecule has 0 spiro atoms. The minimum atomic E-state index is -0.367. The van der Waals surface area contributed by atoms with Crippen molar-refractivity contribution in [3.8, 4) is 22.8 Å². The molecule has 2 amide bonds. The second-order valence-electron chi connectivity index (χ2n) is 7.32. The summed E-state index contributed by atoms with van der Waals surface area (Å²) in [5.74, 6) is 0.978. The lowest BCUT2D eigenvalue weighted by Crippen LogP contribution is -2.37. The summed E-state index contributed by atoms with van der Waals surface area (Å²) in [5.41, 5.74) is 1.62. The van der Waals surface area contributed by atoms with E-state index in [9.17, 15) is 9.59 Å². The lowest BCUT2D eigenvalue weighted by Gasteiger charge is -2.21. The molecule has 2 heterocycles. The first-order valence-corrected chi connectivity index (χ1v) is 10.7. The molecular weight excluding hydrogens is 440 g/mol. The van der Waals surface area contributed by atoms with Gasteiger partial charge in [0, 0.05) is 51.6 Å². The minimum absolute atomic E-state index is 0.117. The highest BCUT2D eigenvalue weighted by Crippen LogP contribution is 2.33. The average molecular weight is 469 g/mol. The van der Waals surface area contributed by atoms with Crippen molar-refractivity contribution in [2.45, 2.75) is 13.0 Å². The number of carbonyl (C=O) groups is 2. The summed E-state index contributed by atoms with van der Waals surface area (Å²) in [6, 6.07) is 10.5. The fourth-order valence-corrected chi connectivity index (χ4v) is 3.22. The van der Waals surface area contributed by atoms with Gasteiger partial charge in [0.2, 0.25) is 5.91 Å². The van der Waals surface area contributed by atoms with E-state index in [1.807, 2.05) is 6.07 Å². The molecule has 10 nitrogen and oxygen atoms in total. The number of nitrogens with one attached hydrogen (secondary N) is 1. The lowest BCUT2D eigenvalue weighted by atomic mass is 10.1. The average Bonchev–Trinajstić information content (AvgIpc) is 3.37. The number of aromatic nitrogens is 2. The molecule has 0 aliphatic carbocycles. The van der Waals surface area contributed by atoms with Gasteiger partial charge in [-0.05, 0) is 29.8 Å². The van der Waals surface area contributed by atoms with Crippen molar-refractivity contribution in [1.82, 2.24) is 20.4 Å². The van der Waals surface area contributed by atoms with Crippen molar-refractivity contribution >= 4 is 11.8 Å². The molecular formula is C24H28N4O6. The monoisotopic (exact) mass is 468 g/mol. The van der Waals surface area contributed by atoms with Crippen molar-refractivity contribution in [3.63, 3.8) is 0 Å². The van der Waals surface area contributed by atoms with Gasteiger partial charge in [-0.1, -0.05) is 11.2 Å². The molecule has 0 aliphatic rings. The largest absolute Gasteiger partial charge is 0.497 e. The topological polar surface area (TPSA) is 116 Å².